The van der Waals surface area contributed by atoms with Crippen molar-refractivity contribution in [3.63, 3.8) is 0 Å². The predicted molar refractivity (Wildman–Crippen MR) is 168 cm³/mol. The van der Waals surface area contributed by atoms with Gasteiger partial charge in [-0.15, -0.1) is 0 Å². The normalized spacial score (nSPS) is 13.5. The first kappa shape index (κ1) is 28.8. The number of benzene rings is 3. The van der Waals surface area contributed by atoms with Gasteiger partial charge in [0, 0.05) is 50.4 Å². The highest BCUT2D eigenvalue weighted by Gasteiger charge is 2.34. The van der Waals surface area contributed by atoms with E-state index in [1.807, 2.05) is 85.6 Å². The van der Waals surface area contributed by atoms with Crippen LogP contribution in [0.25, 0.3) is 11.8 Å². The Labute approximate surface area is 257 Å². The molecular formula is C35H35N7O2. The molecule has 0 saturated heterocycles. The Morgan fingerprint density at radius 1 is 0.932 bits per heavy atom. The van der Waals surface area contributed by atoms with Crippen LogP contribution in [0.3, 0.4) is 0 Å². The van der Waals surface area contributed by atoms with E-state index >= 15 is 0 Å². The second-order valence-electron chi connectivity index (χ2n) is 11.1. The number of rotatable bonds is 9. The summed E-state index contributed by atoms with van der Waals surface area (Å²) < 4.78 is 3.45. The third kappa shape index (κ3) is 6.36. The van der Waals surface area contributed by atoms with Gasteiger partial charge in [-0.25, -0.2) is 9.67 Å². The highest BCUT2D eigenvalue weighted by atomic mass is 16.2. The zero-order valence-electron chi connectivity index (χ0n) is 25.0. The lowest BCUT2D eigenvalue weighted by Crippen LogP contribution is -2.52. The van der Waals surface area contributed by atoms with Crippen LogP contribution in [-0.2, 0) is 42.6 Å². The Balaban J connectivity index is 1.35. The van der Waals surface area contributed by atoms with Gasteiger partial charge in [-0.3, -0.25) is 14.3 Å². The molecule has 1 aliphatic heterocycles. The van der Waals surface area contributed by atoms with Crippen molar-refractivity contribution in [3.05, 3.63) is 137 Å². The Morgan fingerprint density at radius 2 is 1.68 bits per heavy atom. The lowest BCUT2D eigenvalue weighted by Gasteiger charge is -2.37. The van der Waals surface area contributed by atoms with E-state index in [4.69, 9.17) is 0 Å². The predicted octanol–water partition coefficient (Wildman–Crippen LogP) is 4.55. The van der Waals surface area contributed by atoms with Crippen molar-refractivity contribution in [1.29, 1.82) is 0 Å². The summed E-state index contributed by atoms with van der Waals surface area (Å²) in [5.74, 6) is -0.290. The van der Waals surface area contributed by atoms with E-state index in [-0.39, 0.29) is 18.4 Å². The third-order valence-corrected chi connectivity index (χ3v) is 8.31. The summed E-state index contributed by atoms with van der Waals surface area (Å²) in [6.07, 6.45) is 9.41. The highest BCUT2D eigenvalue weighted by molar-refractivity contribution is 5.96. The minimum absolute atomic E-state index is 0.0538. The molecule has 1 aliphatic rings. The van der Waals surface area contributed by atoms with Gasteiger partial charge in [0.05, 0.1) is 11.9 Å². The quantitative estimate of drug-likeness (QED) is 0.237. The summed E-state index contributed by atoms with van der Waals surface area (Å²) in [6, 6.07) is 25.3. The van der Waals surface area contributed by atoms with Crippen molar-refractivity contribution in [2.75, 3.05) is 6.54 Å². The molecular weight excluding hydrogens is 550 g/mol. The molecule has 0 radical (unpaired) electrons. The Hall–Kier alpha value is -5.31. The van der Waals surface area contributed by atoms with Crippen LogP contribution in [0.5, 0.6) is 0 Å². The molecule has 0 N–H and O–H groups in total. The maximum absolute atomic E-state index is 14.5. The van der Waals surface area contributed by atoms with Crippen LogP contribution in [-0.4, -0.2) is 58.7 Å². The fraction of sp³-hybridized carbons (Fsp3) is 0.229. The smallest absolute Gasteiger partial charge is 0.247 e. The van der Waals surface area contributed by atoms with Crippen molar-refractivity contribution in [1.82, 2.24) is 34.3 Å². The Bertz CT molecular complexity index is 1760. The van der Waals surface area contributed by atoms with Crippen molar-refractivity contribution in [2.24, 2.45) is 7.05 Å². The molecule has 222 valence electrons. The van der Waals surface area contributed by atoms with Crippen molar-refractivity contribution in [3.8, 4) is 5.69 Å². The first-order chi connectivity index (χ1) is 21.5. The van der Waals surface area contributed by atoms with E-state index in [1.165, 1.54) is 11.9 Å². The zero-order chi connectivity index (χ0) is 30.5. The fourth-order valence-corrected chi connectivity index (χ4v) is 5.63. The van der Waals surface area contributed by atoms with Gasteiger partial charge < -0.3 is 9.80 Å². The molecule has 9 nitrogen and oxygen atoms in total. The second kappa shape index (κ2) is 12.9. The number of amides is 2. The fourth-order valence-electron chi connectivity index (χ4n) is 5.63. The summed E-state index contributed by atoms with van der Waals surface area (Å²) in [4.78, 5) is 36.2. The molecule has 9 heteroatoms. The van der Waals surface area contributed by atoms with Crippen LogP contribution in [0.2, 0.25) is 0 Å². The monoisotopic (exact) mass is 585 g/mol. The molecule has 0 spiro atoms. The molecule has 0 aliphatic carbocycles. The van der Waals surface area contributed by atoms with E-state index in [1.54, 1.807) is 38.9 Å². The van der Waals surface area contributed by atoms with Crippen molar-refractivity contribution in [2.45, 2.75) is 38.9 Å². The van der Waals surface area contributed by atoms with E-state index < -0.39 is 6.04 Å². The number of carbonyl (C=O) groups is 2. The standard InChI is InChI=1S/C35H35N7O2/c1-26-30(21-37-39(26)2)14-17-34(43)41(22-28-12-15-32(16-13-28)42-25-36-24-38-42)33(20-27-8-4-3-5-9-27)35(44)40-19-18-29-10-6-7-11-31(29)23-40/h3-17,21,24-25,33H,18-20,22-23H2,1-2H3/t33-/m0/s1. The molecule has 6 rings (SSSR count). The number of hydrogen-bond donors (Lipinski definition) is 0. The lowest BCUT2D eigenvalue weighted by atomic mass is 9.97. The van der Waals surface area contributed by atoms with Crippen LogP contribution in [0.1, 0.15) is 33.5 Å². The van der Waals surface area contributed by atoms with Gasteiger partial charge in [0.25, 0.3) is 0 Å². The maximum Gasteiger partial charge on any atom is 0.247 e. The lowest BCUT2D eigenvalue weighted by molar-refractivity contribution is -0.144. The van der Waals surface area contributed by atoms with Gasteiger partial charge in [-0.2, -0.15) is 10.2 Å². The number of fused-ring (bicyclic) bond motifs is 1. The van der Waals surface area contributed by atoms with Crippen LogP contribution in [0.15, 0.2) is 104 Å². The van der Waals surface area contributed by atoms with E-state index in [0.29, 0.717) is 19.5 Å². The first-order valence-electron chi connectivity index (χ1n) is 14.8. The summed E-state index contributed by atoms with van der Waals surface area (Å²) in [6.45, 7) is 3.36. The molecule has 0 saturated carbocycles. The van der Waals surface area contributed by atoms with Gasteiger partial charge in [0.2, 0.25) is 11.8 Å². The van der Waals surface area contributed by atoms with Crippen LogP contribution >= 0.6 is 0 Å². The first-order valence-corrected chi connectivity index (χ1v) is 14.8. The molecule has 0 fully saturated rings. The minimum atomic E-state index is -0.704. The minimum Gasteiger partial charge on any atom is -0.336 e. The van der Waals surface area contributed by atoms with Crippen molar-refractivity contribution >= 4 is 17.9 Å². The third-order valence-electron chi connectivity index (χ3n) is 8.31. The molecule has 0 bridgehead atoms. The average Bonchev–Trinajstić information content (AvgIpc) is 3.72. The van der Waals surface area contributed by atoms with Crippen LogP contribution in [0, 0.1) is 6.92 Å². The van der Waals surface area contributed by atoms with Gasteiger partial charge in [0.15, 0.2) is 0 Å². The van der Waals surface area contributed by atoms with Gasteiger partial charge >= 0.3 is 0 Å². The average molecular weight is 586 g/mol. The van der Waals surface area contributed by atoms with Crippen LogP contribution in [0.4, 0.5) is 0 Å². The van der Waals surface area contributed by atoms with Crippen molar-refractivity contribution < 1.29 is 9.59 Å². The summed E-state index contributed by atoms with van der Waals surface area (Å²) in [7, 11) is 1.87. The van der Waals surface area contributed by atoms with Gasteiger partial charge in [-0.1, -0.05) is 66.7 Å². The van der Waals surface area contributed by atoms with E-state index in [2.05, 4.69) is 27.3 Å². The topological polar surface area (TPSA) is 89.2 Å². The second-order valence-corrected chi connectivity index (χ2v) is 11.1. The number of carbonyl (C=O) groups excluding carboxylic acids is 2. The summed E-state index contributed by atoms with van der Waals surface area (Å²) in [5.41, 5.74) is 6.99. The zero-order valence-corrected chi connectivity index (χ0v) is 25.0. The van der Waals surface area contributed by atoms with E-state index in [0.717, 1.165) is 40.1 Å². The van der Waals surface area contributed by atoms with Crippen LogP contribution < -0.4 is 0 Å². The molecule has 5 aromatic rings. The summed E-state index contributed by atoms with van der Waals surface area (Å²) in [5, 5.41) is 8.51. The Kier molecular flexibility index (Phi) is 8.45. The van der Waals surface area contributed by atoms with Gasteiger partial charge in [0.1, 0.15) is 18.7 Å². The van der Waals surface area contributed by atoms with E-state index in [9.17, 15) is 9.59 Å². The molecule has 3 aromatic carbocycles. The molecule has 44 heavy (non-hydrogen) atoms. The molecule has 0 unspecified atom stereocenters. The Morgan fingerprint density at radius 3 is 2.39 bits per heavy atom. The molecule has 2 aromatic heterocycles. The number of hydrogen-bond acceptors (Lipinski definition) is 5. The number of nitrogens with zero attached hydrogens (tertiary/aromatic N) is 7. The molecule has 1 atom stereocenters. The SMILES string of the molecule is Cc1c(C=CC(=O)N(Cc2ccc(-n3cncn3)cc2)[C@@H](Cc2ccccc2)C(=O)N2CCc3ccccc3C2)cnn1C. The molecule has 2 amide bonds. The maximum atomic E-state index is 14.5. The molecule has 3 heterocycles. The number of aromatic nitrogens is 5. The largest absolute Gasteiger partial charge is 0.336 e. The summed E-state index contributed by atoms with van der Waals surface area (Å²) >= 11 is 0. The van der Waals surface area contributed by atoms with Gasteiger partial charge in [-0.05, 0) is 53.8 Å². The highest BCUT2D eigenvalue weighted by Crippen LogP contribution is 2.23. The number of aryl methyl sites for hydroxylation is 1.